The van der Waals surface area contributed by atoms with Crippen molar-refractivity contribution in [3.8, 4) is 17.2 Å². The summed E-state index contributed by atoms with van der Waals surface area (Å²) in [4.78, 5) is 23.9. The minimum Gasteiger partial charge on any atom is -0.493 e. The minimum atomic E-state index is -0.868. The largest absolute Gasteiger partial charge is 0.493 e. The maximum Gasteiger partial charge on any atom is 0.329 e. The summed E-state index contributed by atoms with van der Waals surface area (Å²) in [5.74, 6) is -0.110. The Hall–Kier alpha value is -4.40. The van der Waals surface area contributed by atoms with Crippen LogP contribution in [0.1, 0.15) is 16.7 Å². The molecule has 0 fully saturated rings. The number of halogens is 1. The molecule has 182 valence electrons. The van der Waals surface area contributed by atoms with Gasteiger partial charge in [0.1, 0.15) is 18.2 Å². The van der Waals surface area contributed by atoms with Crippen molar-refractivity contribution >= 4 is 18.0 Å². The number of hydrogen-bond donors (Lipinski definition) is 2. The van der Waals surface area contributed by atoms with Gasteiger partial charge in [-0.2, -0.15) is 5.10 Å². The van der Waals surface area contributed by atoms with Crippen LogP contribution < -0.4 is 25.0 Å². The van der Waals surface area contributed by atoms with E-state index in [1.54, 1.807) is 56.7 Å². The van der Waals surface area contributed by atoms with E-state index in [1.165, 1.54) is 18.3 Å². The van der Waals surface area contributed by atoms with Crippen LogP contribution in [-0.4, -0.2) is 38.8 Å². The molecule has 0 aliphatic carbocycles. The molecule has 3 rings (SSSR count). The summed E-state index contributed by atoms with van der Waals surface area (Å²) in [5, 5.41) is 6.36. The molecular formula is C26H26FN3O5. The van der Waals surface area contributed by atoms with E-state index in [4.69, 9.17) is 14.2 Å². The zero-order chi connectivity index (χ0) is 25.0. The predicted octanol–water partition coefficient (Wildman–Crippen LogP) is 3.23. The molecule has 0 atom stereocenters. The molecule has 3 aromatic carbocycles. The first-order valence-electron chi connectivity index (χ1n) is 10.8. The van der Waals surface area contributed by atoms with E-state index in [1.807, 2.05) is 12.1 Å². The van der Waals surface area contributed by atoms with Crippen molar-refractivity contribution in [1.29, 1.82) is 0 Å². The molecule has 0 bridgehead atoms. The Balaban J connectivity index is 1.39. The van der Waals surface area contributed by atoms with Gasteiger partial charge in [0, 0.05) is 6.54 Å². The standard InChI is InChI=1S/C26H26FN3O5/c1-33-23-12-7-18(15-24(23)34-2)13-14-28-25(31)26(32)30-29-16-19-5-10-22(11-6-19)35-17-20-3-8-21(27)9-4-20/h3-12,15-16H,13-14,17H2,1-2H3,(H,28,31)(H,30,32)/b29-16-. The molecule has 2 amide bonds. The molecule has 9 heteroatoms. The number of nitrogens with one attached hydrogen (secondary N) is 2. The summed E-state index contributed by atoms with van der Waals surface area (Å²) < 4.78 is 29.0. The van der Waals surface area contributed by atoms with Crippen LogP contribution >= 0.6 is 0 Å². The average molecular weight is 480 g/mol. The minimum absolute atomic E-state index is 0.269. The summed E-state index contributed by atoms with van der Waals surface area (Å²) in [7, 11) is 3.10. The second kappa shape index (κ2) is 12.7. The van der Waals surface area contributed by atoms with E-state index in [-0.39, 0.29) is 12.4 Å². The van der Waals surface area contributed by atoms with E-state index in [0.29, 0.717) is 35.8 Å². The highest BCUT2D eigenvalue weighted by atomic mass is 19.1. The molecule has 8 nitrogen and oxygen atoms in total. The highest BCUT2D eigenvalue weighted by Gasteiger charge is 2.12. The Morgan fingerprint density at radius 2 is 1.57 bits per heavy atom. The molecule has 0 aliphatic heterocycles. The Bertz CT molecular complexity index is 1160. The van der Waals surface area contributed by atoms with Gasteiger partial charge in [0.2, 0.25) is 0 Å². The summed E-state index contributed by atoms with van der Waals surface area (Å²) in [6.07, 6.45) is 1.93. The number of hydrazone groups is 1. The lowest BCUT2D eigenvalue weighted by molar-refractivity contribution is -0.139. The summed E-state index contributed by atoms with van der Waals surface area (Å²) >= 11 is 0. The zero-order valence-electron chi connectivity index (χ0n) is 19.4. The first-order chi connectivity index (χ1) is 17.0. The number of hydrogen-bond acceptors (Lipinski definition) is 6. The second-order valence-corrected chi connectivity index (χ2v) is 7.38. The van der Waals surface area contributed by atoms with Crippen LogP contribution in [-0.2, 0) is 22.6 Å². The van der Waals surface area contributed by atoms with E-state index in [2.05, 4.69) is 15.8 Å². The van der Waals surface area contributed by atoms with Gasteiger partial charge in [-0.3, -0.25) is 9.59 Å². The second-order valence-electron chi connectivity index (χ2n) is 7.38. The summed E-state index contributed by atoms with van der Waals surface area (Å²) in [6, 6.07) is 18.5. The number of carbonyl (C=O) groups excluding carboxylic acids is 2. The molecule has 0 unspecified atom stereocenters. The molecular weight excluding hydrogens is 453 g/mol. The fraction of sp³-hybridized carbons (Fsp3) is 0.192. The van der Waals surface area contributed by atoms with Crippen LogP contribution in [0.3, 0.4) is 0 Å². The van der Waals surface area contributed by atoms with Crippen LogP contribution in [0.5, 0.6) is 17.2 Å². The van der Waals surface area contributed by atoms with E-state index < -0.39 is 11.8 Å². The molecule has 0 heterocycles. The van der Waals surface area contributed by atoms with E-state index >= 15 is 0 Å². The number of amides is 2. The predicted molar refractivity (Wildman–Crippen MR) is 129 cm³/mol. The fourth-order valence-corrected chi connectivity index (χ4v) is 3.05. The summed E-state index contributed by atoms with van der Waals surface area (Å²) in [5.41, 5.74) is 4.67. The van der Waals surface area contributed by atoms with Gasteiger partial charge < -0.3 is 19.5 Å². The van der Waals surface area contributed by atoms with Crippen molar-refractivity contribution in [3.05, 3.63) is 89.2 Å². The maximum atomic E-state index is 12.9. The first-order valence-corrected chi connectivity index (χ1v) is 10.8. The monoisotopic (exact) mass is 479 g/mol. The molecule has 0 radical (unpaired) electrons. The molecule has 35 heavy (non-hydrogen) atoms. The van der Waals surface area contributed by atoms with Crippen molar-refractivity contribution in [1.82, 2.24) is 10.7 Å². The molecule has 0 aromatic heterocycles. The Morgan fingerprint density at radius 1 is 0.886 bits per heavy atom. The van der Waals surface area contributed by atoms with Gasteiger partial charge in [-0.1, -0.05) is 18.2 Å². The number of carbonyl (C=O) groups is 2. The number of methoxy groups -OCH3 is 2. The molecule has 0 spiro atoms. The van der Waals surface area contributed by atoms with Crippen LogP contribution in [0.25, 0.3) is 0 Å². The molecule has 0 aliphatic rings. The van der Waals surface area contributed by atoms with Crippen LogP contribution in [0.15, 0.2) is 71.8 Å². The third-order valence-electron chi connectivity index (χ3n) is 4.93. The average Bonchev–Trinajstić information content (AvgIpc) is 2.88. The van der Waals surface area contributed by atoms with Crippen LogP contribution in [0, 0.1) is 5.82 Å². The maximum absolute atomic E-state index is 12.9. The molecule has 0 saturated heterocycles. The van der Waals surface area contributed by atoms with Gasteiger partial charge in [0.15, 0.2) is 11.5 Å². The Morgan fingerprint density at radius 3 is 2.26 bits per heavy atom. The SMILES string of the molecule is COc1ccc(CCNC(=O)C(=O)N/N=C\c2ccc(OCc3ccc(F)cc3)cc2)cc1OC. The van der Waals surface area contributed by atoms with Gasteiger partial charge in [-0.25, -0.2) is 9.82 Å². The number of rotatable bonds is 10. The smallest absolute Gasteiger partial charge is 0.329 e. The van der Waals surface area contributed by atoms with Crippen molar-refractivity contribution in [2.75, 3.05) is 20.8 Å². The fourth-order valence-electron chi connectivity index (χ4n) is 3.05. The Labute approximate surface area is 202 Å². The van der Waals surface area contributed by atoms with Gasteiger partial charge in [-0.05, 0) is 71.6 Å². The lowest BCUT2D eigenvalue weighted by atomic mass is 10.1. The topological polar surface area (TPSA) is 98.2 Å². The highest BCUT2D eigenvalue weighted by molar-refractivity contribution is 6.35. The first kappa shape index (κ1) is 25.2. The van der Waals surface area contributed by atoms with E-state index in [0.717, 1.165) is 11.1 Å². The third kappa shape index (κ3) is 7.85. The Kier molecular flexibility index (Phi) is 9.18. The van der Waals surface area contributed by atoms with Gasteiger partial charge in [-0.15, -0.1) is 0 Å². The number of ether oxygens (including phenoxy) is 3. The third-order valence-corrected chi connectivity index (χ3v) is 4.93. The van der Waals surface area contributed by atoms with Gasteiger partial charge >= 0.3 is 11.8 Å². The van der Waals surface area contributed by atoms with Gasteiger partial charge in [0.05, 0.1) is 20.4 Å². The van der Waals surface area contributed by atoms with Crippen LogP contribution in [0.2, 0.25) is 0 Å². The normalized spacial score (nSPS) is 10.6. The summed E-state index contributed by atoms with van der Waals surface area (Å²) in [6.45, 7) is 0.579. The number of nitrogens with zero attached hydrogens (tertiary/aromatic N) is 1. The zero-order valence-corrected chi connectivity index (χ0v) is 19.4. The van der Waals surface area contributed by atoms with Crippen molar-refractivity contribution < 1.29 is 28.2 Å². The van der Waals surface area contributed by atoms with Gasteiger partial charge in [0.25, 0.3) is 0 Å². The van der Waals surface area contributed by atoms with Crippen LogP contribution in [0.4, 0.5) is 4.39 Å². The highest BCUT2D eigenvalue weighted by Crippen LogP contribution is 2.27. The van der Waals surface area contributed by atoms with E-state index in [9.17, 15) is 14.0 Å². The van der Waals surface area contributed by atoms with Crippen molar-refractivity contribution in [2.24, 2.45) is 5.10 Å². The molecule has 3 aromatic rings. The lowest BCUT2D eigenvalue weighted by Gasteiger charge is -2.10. The quantitative estimate of drug-likeness (QED) is 0.264. The number of benzene rings is 3. The van der Waals surface area contributed by atoms with Crippen molar-refractivity contribution in [3.63, 3.8) is 0 Å². The molecule has 2 N–H and O–H groups in total. The van der Waals surface area contributed by atoms with Crippen molar-refractivity contribution in [2.45, 2.75) is 13.0 Å². The lowest BCUT2D eigenvalue weighted by Crippen LogP contribution is -2.38. The molecule has 0 saturated carbocycles.